The summed E-state index contributed by atoms with van der Waals surface area (Å²) in [7, 11) is 0. The van der Waals surface area contributed by atoms with Gasteiger partial charge in [0, 0.05) is 17.0 Å². The van der Waals surface area contributed by atoms with Crippen LogP contribution in [-0.4, -0.2) is 10.2 Å². The topological polar surface area (TPSA) is 53.6 Å². The molecule has 0 saturated heterocycles. The van der Waals surface area contributed by atoms with E-state index in [0.717, 1.165) is 10.9 Å². The maximum absolute atomic E-state index is 9.41. The number of phenolic OH excluding ortho intramolecular Hbond substituents is 2. The zero-order valence-corrected chi connectivity index (χ0v) is 8.92. The molecule has 3 nitrogen and oxygen atoms in total. The molecule has 0 radical (unpaired) electrons. The first-order valence-electron chi connectivity index (χ1n) is 5.25. The number of benzene rings is 2. The molecule has 0 aliphatic rings. The van der Waals surface area contributed by atoms with Gasteiger partial charge in [0.2, 0.25) is 0 Å². The minimum Gasteiger partial charge on any atom is -0.504 e. The maximum atomic E-state index is 9.41. The number of fused-ring (bicyclic) bond motifs is 1. The second-order valence-electron chi connectivity index (χ2n) is 3.86. The van der Waals surface area contributed by atoms with Crippen LogP contribution in [0.5, 0.6) is 11.5 Å². The lowest BCUT2D eigenvalue weighted by molar-refractivity contribution is 0.404. The summed E-state index contributed by atoms with van der Waals surface area (Å²) in [5, 5.41) is 19.6. The van der Waals surface area contributed by atoms with E-state index in [1.165, 1.54) is 12.1 Å². The Labute approximate surface area is 97.6 Å². The minimum absolute atomic E-state index is 0.141. The van der Waals surface area contributed by atoms with Crippen molar-refractivity contribution >= 4 is 11.0 Å². The SMILES string of the molecule is Oc1cc2cc(-c3ccccc3)oc2cc1O. The summed E-state index contributed by atoms with van der Waals surface area (Å²) in [6.07, 6.45) is 0. The van der Waals surface area contributed by atoms with Crippen LogP contribution in [0.15, 0.2) is 52.9 Å². The lowest BCUT2D eigenvalue weighted by Gasteiger charge is -1.95. The molecular weight excluding hydrogens is 216 g/mol. The maximum Gasteiger partial charge on any atom is 0.161 e. The fourth-order valence-electron chi connectivity index (χ4n) is 1.81. The normalized spacial score (nSPS) is 10.8. The predicted molar refractivity (Wildman–Crippen MR) is 65.0 cm³/mol. The van der Waals surface area contributed by atoms with E-state index in [-0.39, 0.29) is 11.5 Å². The molecule has 1 heterocycles. The average Bonchev–Trinajstić information content (AvgIpc) is 2.74. The molecule has 0 aliphatic carbocycles. The standard InChI is InChI=1S/C14H10O3/c15-11-6-10-7-13(9-4-2-1-3-5-9)17-14(10)8-12(11)16/h1-8,15-16H. The highest BCUT2D eigenvalue weighted by Gasteiger charge is 2.09. The summed E-state index contributed by atoms with van der Waals surface area (Å²) < 4.78 is 5.62. The monoisotopic (exact) mass is 226 g/mol. The van der Waals surface area contributed by atoms with Crippen LogP contribution in [-0.2, 0) is 0 Å². The summed E-state index contributed by atoms with van der Waals surface area (Å²) in [5.74, 6) is 0.398. The van der Waals surface area contributed by atoms with Gasteiger partial charge in [-0.15, -0.1) is 0 Å². The van der Waals surface area contributed by atoms with Gasteiger partial charge in [-0.2, -0.15) is 0 Å². The minimum atomic E-state index is -0.175. The van der Waals surface area contributed by atoms with Crippen molar-refractivity contribution < 1.29 is 14.6 Å². The van der Waals surface area contributed by atoms with E-state index in [0.29, 0.717) is 11.3 Å². The van der Waals surface area contributed by atoms with Crippen LogP contribution in [0.4, 0.5) is 0 Å². The fourth-order valence-corrected chi connectivity index (χ4v) is 1.81. The number of hydrogen-bond acceptors (Lipinski definition) is 3. The number of hydrogen-bond donors (Lipinski definition) is 2. The number of furan rings is 1. The van der Waals surface area contributed by atoms with Gasteiger partial charge in [-0.1, -0.05) is 30.3 Å². The van der Waals surface area contributed by atoms with E-state index in [9.17, 15) is 10.2 Å². The van der Waals surface area contributed by atoms with Gasteiger partial charge in [0.05, 0.1) is 0 Å². The largest absolute Gasteiger partial charge is 0.504 e. The molecular formula is C14H10O3. The van der Waals surface area contributed by atoms with Crippen LogP contribution in [0.3, 0.4) is 0 Å². The van der Waals surface area contributed by atoms with Crippen molar-refractivity contribution in [2.75, 3.05) is 0 Å². The zero-order valence-electron chi connectivity index (χ0n) is 8.92. The van der Waals surface area contributed by atoms with E-state index in [4.69, 9.17) is 4.42 Å². The third-order valence-corrected chi connectivity index (χ3v) is 2.67. The van der Waals surface area contributed by atoms with E-state index >= 15 is 0 Å². The Bertz CT molecular complexity index is 630. The summed E-state index contributed by atoms with van der Waals surface area (Å²) in [6.45, 7) is 0. The summed E-state index contributed by atoms with van der Waals surface area (Å²) in [4.78, 5) is 0. The van der Waals surface area contributed by atoms with Crippen LogP contribution in [0, 0.1) is 0 Å². The molecule has 84 valence electrons. The molecule has 1 aromatic heterocycles. The number of phenols is 2. The Hall–Kier alpha value is -2.42. The number of rotatable bonds is 1. The van der Waals surface area contributed by atoms with E-state index in [1.807, 2.05) is 36.4 Å². The summed E-state index contributed by atoms with van der Waals surface area (Å²) in [5.41, 5.74) is 1.52. The zero-order chi connectivity index (χ0) is 11.8. The molecule has 0 unspecified atom stereocenters. The molecule has 3 aromatic rings. The van der Waals surface area contributed by atoms with Gasteiger partial charge in [0.1, 0.15) is 11.3 Å². The predicted octanol–water partition coefficient (Wildman–Crippen LogP) is 3.51. The first kappa shape index (κ1) is 9.78. The molecule has 2 N–H and O–H groups in total. The van der Waals surface area contributed by atoms with Gasteiger partial charge in [-0.3, -0.25) is 0 Å². The quantitative estimate of drug-likeness (QED) is 0.624. The Kier molecular flexibility index (Phi) is 2.05. The Morgan fingerprint density at radius 2 is 1.53 bits per heavy atom. The van der Waals surface area contributed by atoms with Crippen molar-refractivity contribution in [3.63, 3.8) is 0 Å². The van der Waals surface area contributed by atoms with Crippen molar-refractivity contribution in [1.82, 2.24) is 0 Å². The smallest absolute Gasteiger partial charge is 0.161 e. The van der Waals surface area contributed by atoms with Crippen LogP contribution >= 0.6 is 0 Å². The highest BCUT2D eigenvalue weighted by Crippen LogP contribution is 2.34. The van der Waals surface area contributed by atoms with Crippen LogP contribution in [0.2, 0.25) is 0 Å². The van der Waals surface area contributed by atoms with Gasteiger partial charge >= 0.3 is 0 Å². The molecule has 0 aliphatic heterocycles. The highest BCUT2D eigenvalue weighted by atomic mass is 16.3. The van der Waals surface area contributed by atoms with Gasteiger partial charge in [-0.05, 0) is 12.1 Å². The van der Waals surface area contributed by atoms with Crippen molar-refractivity contribution in [3.8, 4) is 22.8 Å². The second-order valence-corrected chi connectivity index (χ2v) is 3.86. The summed E-state index contributed by atoms with van der Waals surface area (Å²) >= 11 is 0. The van der Waals surface area contributed by atoms with Crippen molar-refractivity contribution in [2.24, 2.45) is 0 Å². The van der Waals surface area contributed by atoms with Crippen molar-refractivity contribution in [2.45, 2.75) is 0 Å². The molecule has 0 saturated carbocycles. The lowest BCUT2D eigenvalue weighted by atomic mass is 10.1. The molecule has 0 spiro atoms. The van der Waals surface area contributed by atoms with E-state index in [1.54, 1.807) is 0 Å². The first-order valence-corrected chi connectivity index (χ1v) is 5.25. The summed E-state index contributed by atoms with van der Waals surface area (Å²) in [6, 6.07) is 14.4. The molecule has 3 rings (SSSR count). The fraction of sp³-hybridized carbons (Fsp3) is 0. The molecule has 17 heavy (non-hydrogen) atoms. The van der Waals surface area contributed by atoms with Gasteiger partial charge in [-0.25, -0.2) is 0 Å². The van der Waals surface area contributed by atoms with E-state index < -0.39 is 0 Å². The van der Waals surface area contributed by atoms with Gasteiger partial charge < -0.3 is 14.6 Å². The molecule has 0 bridgehead atoms. The second kappa shape index (κ2) is 3.56. The van der Waals surface area contributed by atoms with Crippen molar-refractivity contribution in [1.29, 1.82) is 0 Å². The van der Waals surface area contributed by atoms with Crippen LogP contribution < -0.4 is 0 Å². The Balaban J connectivity index is 2.21. The third-order valence-electron chi connectivity index (χ3n) is 2.67. The molecule has 0 amide bonds. The third kappa shape index (κ3) is 1.61. The average molecular weight is 226 g/mol. The Morgan fingerprint density at radius 3 is 2.29 bits per heavy atom. The first-order chi connectivity index (χ1) is 8.24. The molecule has 3 heteroatoms. The van der Waals surface area contributed by atoms with Crippen LogP contribution in [0.25, 0.3) is 22.3 Å². The van der Waals surface area contributed by atoms with Crippen LogP contribution in [0.1, 0.15) is 0 Å². The number of aromatic hydroxyl groups is 2. The Morgan fingerprint density at radius 1 is 0.824 bits per heavy atom. The molecule has 0 fully saturated rings. The lowest BCUT2D eigenvalue weighted by Crippen LogP contribution is -1.69. The molecule has 0 atom stereocenters. The van der Waals surface area contributed by atoms with Crippen molar-refractivity contribution in [3.05, 3.63) is 48.5 Å². The van der Waals surface area contributed by atoms with E-state index in [2.05, 4.69) is 0 Å². The van der Waals surface area contributed by atoms with Gasteiger partial charge in [0.15, 0.2) is 11.5 Å². The van der Waals surface area contributed by atoms with Gasteiger partial charge in [0.25, 0.3) is 0 Å². The highest BCUT2D eigenvalue weighted by molar-refractivity contribution is 5.85. The molecule has 2 aromatic carbocycles.